The first-order valence-corrected chi connectivity index (χ1v) is 5.19. The molecule has 0 aliphatic heterocycles. The molecular formula is C11H16ClNO. The van der Waals surface area contributed by atoms with Crippen molar-refractivity contribution in [1.29, 1.82) is 0 Å². The average molecular weight is 214 g/mol. The summed E-state index contributed by atoms with van der Waals surface area (Å²) in [4.78, 5) is 0. The molecule has 14 heavy (non-hydrogen) atoms. The Labute approximate surface area is 90.0 Å². The van der Waals surface area contributed by atoms with Gasteiger partial charge in [0.2, 0.25) is 0 Å². The van der Waals surface area contributed by atoms with Crippen LogP contribution in [0.4, 0.5) is 0 Å². The summed E-state index contributed by atoms with van der Waals surface area (Å²) in [6, 6.07) is 5.83. The molecule has 78 valence electrons. The summed E-state index contributed by atoms with van der Waals surface area (Å²) < 4.78 is 5.34. The minimum absolute atomic E-state index is 0.336. The Kier molecular flexibility index (Phi) is 4.23. The highest BCUT2D eigenvalue weighted by molar-refractivity contribution is 6.32. The van der Waals surface area contributed by atoms with Crippen molar-refractivity contribution >= 4 is 11.6 Å². The number of halogens is 1. The molecule has 0 radical (unpaired) electrons. The SMILES string of the molecule is CCOc1ccc(C(C)CN)cc1Cl. The van der Waals surface area contributed by atoms with Crippen molar-refractivity contribution in [2.45, 2.75) is 19.8 Å². The number of hydrogen-bond acceptors (Lipinski definition) is 2. The number of rotatable bonds is 4. The Morgan fingerprint density at radius 1 is 1.50 bits per heavy atom. The third-order valence-electron chi connectivity index (χ3n) is 2.18. The predicted molar refractivity (Wildman–Crippen MR) is 60.1 cm³/mol. The van der Waals surface area contributed by atoms with Crippen LogP contribution in [-0.2, 0) is 0 Å². The Hall–Kier alpha value is -0.730. The first kappa shape index (κ1) is 11.3. The number of benzene rings is 1. The molecule has 0 saturated heterocycles. The highest BCUT2D eigenvalue weighted by Crippen LogP contribution is 2.28. The monoisotopic (exact) mass is 213 g/mol. The lowest BCUT2D eigenvalue weighted by Gasteiger charge is -2.11. The van der Waals surface area contributed by atoms with Crippen LogP contribution >= 0.6 is 11.6 Å². The maximum absolute atomic E-state index is 6.04. The molecule has 2 nitrogen and oxygen atoms in total. The highest BCUT2D eigenvalue weighted by Gasteiger charge is 2.06. The van der Waals surface area contributed by atoms with Gasteiger partial charge in [-0.05, 0) is 37.1 Å². The van der Waals surface area contributed by atoms with Gasteiger partial charge in [0.05, 0.1) is 11.6 Å². The molecule has 0 aromatic heterocycles. The molecule has 0 aliphatic rings. The van der Waals surface area contributed by atoms with Crippen LogP contribution in [0.2, 0.25) is 5.02 Å². The number of nitrogens with two attached hydrogens (primary N) is 1. The quantitative estimate of drug-likeness (QED) is 0.835. The largest absolute Gasteiger partial charge is 0.492 e. The Balaban J connectivity index is 2.88. The van der Waals surface area contributed by atoms with Gasteiger partial charge in [0.1, 0.15) is 5.75 Å². The van der Waals surface area contributed by atoms with E-state index in [1.165, 1.54) is 0 Å². The van der Waals surface area contributed by atoms with E-state index >= 15 is 0 Å². The van der Waals surface area contributed by atoms with E-state index in [9.17, 15) is 0 Å². The van der Waals surface area contributed by atoms with Crippen LogP contribution in [0.1, 0.15) is 25.3 Å². The summed E-state index contributed by atoms with van der Waals surface area (Å²) in [6.07, 6.45) is 0. The lowest BCUT2D eigenvalue weighted by molar-refractivity contribution is 0.340. The number of hydrogen-bond donors (Lipinski definition) is 1. The minimum Gasteiger partial charge on any atom is -0.492 e. The van der Waals surface area contributed by atoms with E-state index in [4.69, 9.17) is 22.1 Å². The maximum Gasteiger partial charge on any atom is 0.137 e. The molecule has 1 aromatic rings. The fraction of sp³-hybridized carbons (Fsp3) is 0.455. The summed E-state index contributed by atoms with van der Waals surface area (Å²) in [5, 5.41) is 0.657. The second-order valence-corrected chi connectivity index (χ2v) is 3.67. The molecule has 3 heteroatoms. The zero-order valence-electron chi connectivity index (χ0n) is 8.59. The minimum atomic E-state index is 0.336. The molecule has 0 amide bonds. The van der Waals surface area contributed by atoms with Gasteiger partial charge in [-0.15, -0.1) is 0 Å². The molecule has 0 saturated carbocycles. The van der Waals surface area contributed by atoms with Crippen molar-refractivity contribution < 1.29 is 4.74 Å². The van der Waals surface area contributed by atoms with Crippen LogP contribution in [0.15, 0.2) is 18.2 Å². The van der Waals surface area contributed by atoms with Crippen molar-refractivity contribution in [3.8, 4) is 5.75 Å². The van der Waals surface area contributed by atoms with E-state index in [1.807, 2.05) is 25.1 Å². The van der Waals surface area contributed by atoms with Crippen molar-refractivity contribution in [3.05, 3.63) is 28.8 Å². The molecule has 0 bridgehead atoms. The van der Waals surface area contributed by atoms with Crippen LogP contribution in [0.3, 0.4) is 0 Å². The molecule has 0 aliphatic carbocycles. The molecule has 0 spiro atoms. The van der Waals surface area contributed by atoms with Gasteiger partial charge in [0.25, 0.3) is 0 Å². The second-order valence-electron chi connectivity index (χ2n) is 3.26. The summed E-state index contributed by atoms with van der Waals surface area (Å²) in [5.41, 5.74) is 6.73. The summed E-state index contributed by atoms with van der Waals surface area (Å²) >= 11 is 6.04. The van der Waals surface area contributed by atoms with E-state index in [-0.39, 0.29) is 0 Å². The Morgan fingerprint density at radius 3 is 2.71 bits per heavy atom. The zero-order chi connectivity index (χ0) is 10.6. The first-order valence-electron chi connectivity index (χ1n) is 4.81. The predicted octanol–water partition coefficient (Wildman–Crippen LogP) is 2.80. The van der Waals surface area contributed by atoms with Crippen LogP contribution in [-0.4, -0.2) is 13.2 Å². The molecule has 1 aromatic carbocycles. The lowest BCUT2D eigenvalue weighted by Crippen LogP contribution is -2.08. The third-order valence-corrected chi connectivity index (χ3v) is 2.47. The van der Waals surface area contributed by atoms with Crippen molar-refractivity contribution in [2.24, 2.45) is 5.73 Å². The Bertz CT molecular complexity index is 301. The van der Waals surface area contributed by atoms with E-state index in [0.717, 1.165) is 11.3 Å². The average Bonchev–Trinajstić information content (AvgIpc) is 2.20. The normalized spacial score (nSPS) is 12.6. The van der Waals surface area contributed by atoms with Crippen molar-refractivity contribution in [3.63, 3.8) is 0 Å². The maximum atomic E-state index is 6.04. The summed E-state index contributed by atoms with van der Waals surface area (Å²) in [7, 11) is 0. The standard InChI is InChI=1S/C11H16ClNO/c1-3-14-11-5-4-9(6-10(11)12)8(2)7-13/h4-6,8H,3,7,13H2,1-2H3. The lowest BCUT2D eigenvalue weighted by atomic mass is 10.0. The van der Waals surface area contributed by atoms with Gasteiger partial charge in [-0.3, -0.25) is 0 Å². The summed E-state index contributed by atoms with van der Waals surface area (Å²) in [6.45, 7) is 5.27. The van der Waals surface area contributed by atoms with Crippen LogP contribution < -0.4 is 10.5 Å². The molecule has 0 fully saturated rings. The molecule has 1 atom stereocenters. The van der Waals surface area contributed by atoms with E-state index < -0.39 is 0 Å². The van der Waals surface area contributed by atoms with Crippen LogP contribution in [0.25, 0.3) is 0 Å². The summed E-state index contributed by atoms with van der Waals surface area (Å²) in [5.74, 6) is 1.07. The third kappa shape index (κ3) is 2.63. The van der Waals surface area contributed by atoms with E-state index in [1.54, 1.807) is 0 Å². The van der Waals surface area contributed by atoms with Crippen molar-refractivity contribution in [2.75, 3.05) is 13.2 Å². The topological polar surface area (TPSA) is 35.2 Å². The van der Waals surface area contributed by atoms with Gasteiger partial charge in [0.15, 0.2) is 0 Å². The van der Waals surface area contributed by atoms with E-state index in [2.05, 4.69) is 6.92 Å². The van der Waals surface area contributed by atoms with Gasteiger partial charge in [-0.2, -0.15) is 0 Å². The van der Waals surface area contributed by atoms with Gasteiger partial charge in [-0.1, -0.05) is 24.6 Å². The number of ether oxygens (including phenoxy) is 1. The second kappa shape index (κ2) is 5.23. The first-order chi connectivity index (χ1) is 6.69. The molecular weight excluding hydrogens is 198 g/mol. The van der Waals surface area contributed by atoms with Crippen LogP contribution in [0.5, 0.6) is 5.75 Å². The smallest absolute Gasteiger partial charge is 0.137 e. The Morgan fingerprint density at radius 2 is 2.21 bits per heavy atom. The molecule has 1 unspecified atom stereocenters. The molecule has 1 rings (SSSR count). The zero-order valence-corrected chi connectivity index (χ0v) is 9.34. The van der Waals surface area contributed by atoms with Gasteiger partial charge in [-0.25, -0.2) is 0 Å². The van der Waals surface area contributed by atoms with Crippen molar-refractivity contribution in [1.82, 2.24) is 0 Å². The van der Waals surface area contributed by atoms with Gasteiger partial charge in [0, 0.05) is 0 Å². The highest BCUT2D eigenvalue weighted by atomic mass is 35.5. The fourth-order valence-electron chi connectivity index (χ4n) is 1.23. The van der Waals surface area contributed by atoms with Gasteiger partial charge < -0.3 is 10.5 Å². The molecule has 0 heterocycles. The van der Waals surface area contributed by atoms with Gasteiger partial charge >= 0.3 is 0 Å². The van der Waals surface area contributed by atoms with Crippen LogP contribution in [0, 0.1) is 0 Å². The molecule has 2 N–H and O–H groups in total. The fourth-order valence-corrected chi connectivity index (χ4v) is 1.48. The van der Waals surface area contributed by atoms with E-state index in [0.29, 0.717) is 24.1 Å².